The van der Waals surface area contributed by atoms with Crippen molar-refractivity contribution in [2.24, 2.45) is 34.5 Å². The summed E-state index contributed by atoms with van der Waals surface area (Å²) in [6, 6.07) is 0. The number of fused-ring (bicyclic) bond motifs is 5. The molecule has 4 aliphatic rings. The molecule has 9 atom stereocenters. The highest BCUT2D eigenvalue weighted by atomic mass is 79.9. The molecule has 0 saturated heterocycles. The Labute approximate surface area is 198 Å². The number of hydrogen-bond donors (Lipinski definition) is 2. The van der Waals surface area contributed by atoms with Crippen LogP contribution in [0.25, 0.3) is 0 Å². The topological polar surface area (TPSA) is 101 Å². The zero-order valence-electron chi connectivity index (χ0n) is 19.4. The molecule has 0 heterocycles. The maximum absolute atomic E-state index is 13.3. The molecule has 0 aliphatic heterocycles. The van der Waals surface area contributed by atoms with Gasteiger partial charge in [0.25, 0.3) is 0 Å². The first-order valence-corrected chi connectivity index (χ1v) is 12.8. The van der Waals surface area contributed by atoms with E-state index < -0.39 is 35.5 Å². The average Bonchev–Trinajstić information content (AvgIpc) is 2.95. The highest BCUT2D eigenvalue weighted by molar-refractivity contribution is 9.09. The number of alkyl halides is 1. The molecule has 0 aromatic heterocycles. The van der Waals surface area contributed by atoms with Crippen molar-refractivity contribution in [3.05, 3.63) is 11.6 Å². The number of halogens is 1. The molecule has 3 saturated carbocycles. The van der Waals surface area contributed by atoms with Gasteiger partial charge in [0.2, 0.25) is 5.78 Å². The second-order valence-corrected chi connectivity index (χ2v) is 12.1. The Bertz CT molecular complexity index is 868. The Balaban J connectivity index is 1.83. The molecule has 3 unspecified atom stereocenters. The van der Waals surface area contributed by atoms with Gasteiger partial charge in [0.1, 0.15) is 6.61 Å². The van der Waals surface area contributed by atoms with Crippen molar-refractivity contribution < 1.29 is 29.3 Å². The van der Waals surface area contributed by atoms with Crippen LogP contribution >= 0.6 is 15.9 Å². The Kier molecular flexibility index (Phi) is 6.04. The van der Waals surface area contributed by atoms with Crippen LogP contribution in [0.1, 0.15) is 66.2 Å². The molecular formula is C25H35BrO6. The number of carbonyl (C=O) groups excluding carboxylic acids is 3. The van der Waals surface area contributed by atoms with Crippen LogP contribution in [0.3, 0.4) is 0 Å². The van der Waals surface area contributed by atoms with Gasteiger partial charge in [-0.15, -0.1) is 0 Å². The Morgan fingerprint density at radius 2 is 2.00 bits per heavy atom. The summed E-state index contributed by atoms with van der Waals surface area (Å²) in [7, 11) is 0. The Morgan fingerprint density at radius 3 is 2.62 bits per heavy atom. The molecule has 0 amide bonds. The van der Waals surface area contributed by atoms with E-state index in [-0.39, 0.29) is 46.1 Å². The lowest BCUT2D eigenvalue weighted by Crippen LogP contribution is -2.65. The van der Waals surface area contributed by atoms with E-state index in [9.17, 15) is 24.6 Å². The monoisotopic (exact) mass is 510 g/mol. The van der Waals surface area contributed by atoms with Crippen LogP contribution in [-0.4, -0.2) is 50.9 Å². The van der Waals surface area contributed by atoms with Gasteiger partial charge >= 0.3 is 5.97 Å². The van der Waals surface area contributed by atoms with E-state index >= 15 is 0 Å². The molecule has 4 rings (SSSR count). The smallest absolute Gasteiger partial charge is 0.306 e. The summed E-state index contributed by atoms with van der Waals surface area (Å²) in [6.45, 7) is 7.07. The number of carbonyl (C=O) groups is 3. The van der Waals surface area contributed by atoms with Crippen molar-refractivity contribution in [2.75, 3.05) is 6.61 Å². The zero-order chi connectivity index (χ0) is 23.6. The van der Waals surface area contributed by atoms with Crippen LogP contribution < -0.4 is 0 Å². The van der Waals surface area contributed by atoms with Gasteiger partial charge < -0.3 is 14.9 Å². The van der Waals surface area contributed by atoms with E-state index in [1.165, 1.54) is 0 Å². The van der Waals surface area contributed by atoms with Crippen molar-refractivity contribution in [1.29, 1.82) is 0 Å². The molecule has 6 nitrogen and oxygen atoms in total. The van der Waals surface area contributed by atoms with Gasteiger partial charge in [-0.3, -0.25) is 14.4 Å². The predicted molar refractivity (Wildman–Crippen MR) is 122 cm³/mol. The molecule has 0 bridgehead atoms. The molecule has 3 fully saturated rings. The molecule has 2 N–H and O–H groups in total. The van der Waals surface area contributed by atoms with Gasteiger partial charge in [0, 0.05) is 29.0 Å². The Hall–Kier alpha value is -1.05. The first-order chi connectivity index (χ1) is 15.0. The lowest BCUT2D eigenvalue weighted by atomic mass is 9.45. The standard InChI is InChI=1S/C25H35BrO6/c1-5-20(31)32-25(19(30)12-27)13(2)8-16-21-17(26)10-14-9-15(28)6-7-23(14,3)22(21)18(29)11-24(16,25)4/h9,13,16-18,21-22,27,29H,5-8,10-12H2,1-4H3/t13?,16-,17?,18?,21+,22-,23-,24-,25-/m0/s1. The van der Waals surface area contributed by atoms with Crippen LogP contribution in [-0.2, 0) is 19.1 Å². The van der Waals surface area contributed by atoms with E-state index in [4.69, 9.17) is 4.74 Å². The third-order valence-corrected chi connectivity index (χ3v) is 10.5. The molecule has 0 radical (unpaired) electrons. The third kappa shape index (κ3) is 3.06. The SMILES string of the molecule is CCC(=O)O[C@]1(C(=O)CO)C(C)C[C@H]2[C@@H]3C(Br)CC4=CC(=O)CC[C@]4(C)[C@H]3C(O)C[C@@]21C. The molecule has 32 heavy (non-hydrogen) atoms. The van der Waals surface area contributed by atoms with Gasteiger partial charge in [-0.25, -0.2) is 0 Å². The molecular weight excluding hydrogens is 476 g/mol. The largest absolute Gasteiger partial charge is 0.450 e. The minimum absolute atomic E-state index is 0.0337. The lowest BCUT2D eigenvalue weighted by molar-refractivity contribution is -0.206. The number of Topliss-reactive ketones (excluding diaryl/α,β-unsaturated/α-hetero) is 1. The first kappa shape index (κ1) is 24.1. The summed E-state index contributed by atoms with van der Waals surface area (Å²) in [5, 5.41) is 21.5. The number of ether oxygens (including phenoxy) is 1. The van der Waals surface area contributed by atoms with Crippen molar-refractivity contribution >= 4 is 33.5 Å². The number of aliphatic hydroxyl groups excluding tert-OH is 2. The average molecular weight is 511 g/mol. The molecule has 178 valence electrons. The summed E-state index contributed by atoms with van der Waals surface area (Å²) in [5.74, 6) is -0.998. The van der Waals surface area contributed by atoms with Gasteiger partial charge in [-0.2, -0.15) is 0 Å². The fourth-order valence-corrected chi connectivity index (χ4v) is 9.20. The summed E-state index contributed by atoms with van der Waals surface area (Å²) in [5.41, 5.74) is -1.39. The summed E-state index contributed by atoms with van der Waals surface area (Å²) >= 11 is 3.90. The van der Waals surface area contributed by atoms with Crippen LogP contribution in [0, 0.1) is 34.5 Å². The second-order valence-electron chi connectivity index (χ2n) is 11.0. The van der Waals surface area contributed by atoms with E-state index in [1.807, 2.05) is 13.8 Å². The summed E-state index contributed by atoms with van der Waals surface area (Å²) < 4.78 is 5.96. The number of ketones is 2. The highest BCUT2D eigenvalue weighted by Crippen LogP contribution is 2.70. The van der Waals surface area contributed by atoms with Crippen molar-refractivity contribution in [2.45, 2.75) is 82.8 Å². The normalized spacial score (nSPS) is 47.7. The first-order valence-electron chi connectivity index (χ1n) is 11.9. The van der Waals surface area contributed by atoms with E-state index in [0.29, 0.717) is 19.3 Å². The van der Waals surface area contributed by atoms with Crippen LogP contribution in [0.4, 0.5) is 0 Å². The van der Waals surface area contributed by atoms with Gasteiger partial charge in [0.15, 0.2) is 11.4 Å². The van der Waals surface area contributed by atoms with Gasteiger partial charge in [-0.05, 0) is 54.9 Å². The van der Waals surface area contributed by atoms with Crippen molar-refractivity contribution in [3.63, 3.8) is 0 Å². The molecule has 0 aromatic carbocycles. The maximum Gasteiger partial charge on any atom is 0.306 e. The van der Waals surface area contributed by atoms with Crippen LogP contribution in [0.15, 0.2) is 11.6 Å². The summed E-state index contributed by atoms with van der Waals surface area (Å²) in [4.78, 5) is 37.9. The fourth-order valence-electron chi connectivity index (χ4n) is 8.16. The molecule has 0 spiro atoms. The number of rotatable bonds is 4. The van der Waals surface area contributed by atoms with Crippen molar-refractivity contribution in [3.8, 4) is 0 Å². The minimum atomic E-state index is -1.45. The number of aliphatic hydroxyl groups is 2. The minimum Gasteiger partial charge on any atom is -0.450 e. The number of allylic oxidation sites excluding steroid dienone is 1. The van der Waals surface area contributed by atoms with Crippen LogP contribution in [0.2, 0.25) is 0 Å². The number of esters is 1. The molecule has 7 heteroatoms. The Morgan fingerprint density at radius 1 is 1.31 bits per heavy atom. The van der Waals surface area contributed by atoms with E-state index in [1.54, 1.807) is 13.0 Å². The fraction of sp³-hybridized carbons (Fsp3) is 0.800. The number of hydrogen-bond acceptors (Lipinski definition) is 6. The van der Waals surface area contributed by atoms with Gasteiger partial charge in [-0.1, -0.05) is 49.2 Å². The van der Waals surface area contributed by atoms with Gasteiger partial charge in [0.05, 0.1) is 6.10 Å². The lowest BCUT2D eigenvalue weighted by Gasteiger charge is -2.62. The van der Waals surface area contributed by atoms with E-state index in [0.717, 1.165) is 18.4 Å². The van der Waals surface area contributed by atoms with Crippen LogP contribution in [0.5, 0.6) is 0 Å². The molecule has 0 aromatic rings. The quantitative estimate of drug-likeness (QED) is 0.444. The third-order valence-electron chi connectivity index (χ3n) is 9.54. The second kappa shape index (κ2) is 8.02. The predicted octanol–water partition coefficient (Wildman–Crippen LogP) is 3.36. The van der Waals surface area contributed by atoms with Crippen molar-refractivity contribution in [1.82, 2.24) is 0 Å². The maximum atomic E-state index is 13.3. The summed E-state index contributed by atoms with van der Waals surface area (Å²) in [6.07, 6.45) is 4.17. The zero-order valence-corrected chi connectivity index (χ0v) is 21.0. The molecule has 4 aliphatic carbocycles. The van der Waals surface area contributed by atoms with E-state index in [2.05, 4.69) is 22.9 Å². The highest BCUT2D eigenvalue weighted by Gasteiger charge is 2.73.